The van der Waals surface area contributed by atoms with Gasteiger partial charge in [-0.1, -0.05) is 6.92 Å². The lowest BCUT2D eigenvalue weighted by atomic mass is 10.1. The standard InChI is InChI=1S/C13H24N2O4/c1-3-11(12(17)18)14(2)13(19)15-8-4-6-10(15)7-5-9-16/h10-11,16H,3-9H2,1-2H3,(H,17,18). The molecule has 2 atom stereocenters. The van der Waals surface area contributed by atoms with Crippen LogP contribution in [-0.4, -0.2) is 64.3 Å². The van der Waals surface area contributed by atoms with Crippen LogP contribution in [0.5, 0.6) is 0 Å². The van der Waals surface area contributed by atoms with E-state index in [4.69, 9.17) is 10.2 Å². The first-order valence-corrected chi connectivity index (χ1v) is 6.90. The summed E-state index contributed by atoms with van der Waals surface area (Å²) < 4.78 is 0. The molecule has 0 aromatic carbocycles. The number of hydrogen-bond donors (Lipinski definition) is 2. The fourth-order valence-electron chi connectivity index (χ4n) is 2.66. The quantitative estimate of drug-likeness (QED) is 0.759. The van der Waals surface area contributed by atoms with Crippen molar-refractivity contribution in [1.29, 1.82) is 0 Å². The van der Waals surface area contributed by atoms with Gasteiger partial charge in [0.15, 0.2) is 0 Å². The van der Waals surface area contributed by atoms with Crippen LogP contribution < -0.4 is 0 Å². The molecule has 1 rings (SSSR count). The molecule has 1 aliphatic rings. The molecule has 1 heterocycles. The second-order valence-corrected chi connectivity index (χ2v) is 5.01. The number of aliphatic hydroxyl groups is 1. The Balaban J connectivity index is 2.66. The van der Waals surface area contributed by atoms with E-state index in [1.54, 1.807) is 18.9 Å². The molecule has 6 nitrogen and oxygen atoms in total. The number of amides is 2. The third-order valence-corrected chi connectivity index (χ3v) is 3.76. The van der Waals surface area contributed by atoms with Crippen LogP contribution in [0.25, 0.3) is 0 Å². The van der Waals surface area contributed by atoms with Crippen LogP contribution in [0.3, 0.4) is 0 Å². The van der Waals surface area contributed by atoms with Gasteiger partial charge < -0.3 is 20.0 Å². The summed E-state index contributed by atoms with van der Waals surface area (Å²) in [5.74, 6) is -0.968. The van der Waals surface area contributed by atoms with Gasteiger partial charge in [-0.05, 0) is 32.1 Å². The van der Waals surface area contributed by atoms with E-state index in [2.05, 4.69) is 0 Å². The number of nitrogens with zero attached hydrogens (tertiary/aromatic N) is 2. The van der Waals surface area contributed by atoms with Crippen molar-refractivity contribution in [2.45, 2.75) is 51.1 Å². The number of rotatable bonds is 6. The van der Waals surface area contributed by atoms with Gasteiger partial charge in [-0.3, -0.25) is 0 Å². The minimum absolute atomic E-state index is 0.126. The number of carbonyl (C=O) groups is 2. The zero-order valence-corrected chi connectivity index (χ0v) is 11.7. The number of aliphatic carboxylic acids is 1. The zero-order valence-electron chi connectivity index (χ0n) is 11.7. The average Bonchev–Trinajstić information content (AvgIpc) is 2.83. The van der Waals surface area contributed by atoms with Gasteiger partial charge >= 0.3 is 12.0 Å². The van der Waals surface area contributed by atoms with Crippen LogP contribution in [0.15, 0.2) is 0 Å². The second kappa shape index (κ2) is 7.33. The van der Waals surface area contributed by atoms with E-state index in [9.17, 15) is 9.59 Å². The molecule has 1 saturated heterocycles. The fraction of sp³-hybridized carbons (Fsp3) is 0.846. The lowest BCUT2D eigenvalue weighted by Gasteiger charge is -2.32. The molecule has 0 spiro atoms. The highest BCUT2D eigenvalue weighted by Crippen LogP contribution is 2.23. The zero-order chi connectivity index (χ0) is 14.4. The van der Waals surface area contributed by atoms with Gasteiger partial charge in [-0.25, -0.2) is 9.59 Å². The number of urea groups is 1. The molecule has 110 valence electrons. The molecule has 0 aromatic rings. The van der Waals surface area contributed by atoms with Crippen molar-refractivity contribution in [2.75, 3.05) is 20.2 Å². The molecule has 0 saturated carbocycles. The minimum Gasteiger partial charge on any atom is -0.480 e. The van der Waals surface area contributed by atoms with Crippen LogP contribution in [-0.2, 0) is 4.79 Å². The number of carbonyl (C=O) groups excluding carboxylic acids is 1. The van der Waals surface area contributed by atoms with Gasteiger partial charge in [0.2, 0.25) is 0 Å². The molecule has 2 N–H and O–H groups in total. The van der Waals surface area contributed by atoms with E-state index in [-0.39, 0.29) is 18.7 Å². The lowest BCUT2D eigenvalue weighted by Crippen LogP contribution is -2.50. The predicted molar refractivity (Wildman–Crippen MR) is 70.9 cm³/mol. The number of likely N-dealkylation sites (tertiary alicyclic amines) is 1. The largest absolute Gasteiger partial charge is 0.480 e. The Morgan fingerprint density at radius 3 is 2.68 bits per heavy atom. The Morgan fingerprint density at radius 2 is 2.16 bits per heavy atom. The molecule has 2 amide bonds. The molecule has 0 bridgehead atoms. The van der Waals surface area contributed by atoms with Crippen molar-refractivity contribution < 1.29 is 19.8 Å². The molecule has 6 heteroatoms. The van der Waals surface area contributed by atoms with Crippen LogP contribution in [0.1, 0.15) is 39.0 Å². The Labute approximate surface area is 114 Å². The highest BCUT2D eigenvalue weighted by Gasteiger charge is 2.34. The van der Waals surface area contributed by atoms with Crippen LogP contribution in [0.4, 0.5) is 4.79 Å². The molecular weight excluding hydrogens is 248 g/mol. The second-order valence-electron chi connectivity index (χ2n) is 5.01. The third kappa shape index (κ3) is 3.83. The first kappa shape index (κ1) is 15.8. The summed E-state index contributed by atoms with van der Waals surface area (Å²) in [5.41, 5.74) is 0. The Bertz CT molecular complexity index is 322. The number of hydrogen-bond acceptors (Lipinski definition) is 3. The first-order valence-electron chi connectivity index (χ1n) is 6.90. The van der Waals surface area contributed by atoms with Crippen molar-refractivity contribution in [3.8, 4) is 0 Å². The summed E-state index contributed by atoms with van der Waals surface area (Å²) >= 11 is 0. The summed E-state index contributed by atoms with van der Waals surface area (Å²) in [6, 6.07) is -0.852. The third-order valence-electron chi connectivity index (χ3n) is 3.76. The topological polar surface area (TPSA) is 81.1 Å². The van der Waals surface area contributed by atoms with Crippen LogP contribution in [0.2, 0.25) is 0 Å². The first-order chi connectivity index (χ1) is 9.02. The fourth-order valence-corrected chi connectivity index (χ4v) is 2.66. The van der Waals surface area contributed by atoms with E-state index in [1.165, 1.54) is 4.90 Å². The molecule has 2 unspecified atom stereocenters. The summed E-state index contributed by atoms with van der Waals surface area (Å²) in [6.07, 6.45) is 3.73. The van der Waals surface area contributed by atoms with Gasteiger partial charge in [-0.2, -0.15) is 0 Å². The number of carboxylic acids is 1. The van der Waals surface area contributed by atoms with E-state index in [1.807, 2.05) is 0 Å². The normalized spacial score (nSPS) is 20.4. The molecular formula is C13H24N2O4. The van der Waals surface area contributed by atoms with Gasteiger partial charge in [-0.15, -0.1) is 0 Å². The van der Waals surface area contributed by atoms with Crippen LogP contribution in [0, 0.1) is 0 Å². The van der Waals surface area contributed by atoms with Gasteiger partial charge in [0.1, 0.15) is 6.04 Å². The molecule has 0 radical (unpaired) electrons. The monoisotopic (exact) mass is 272 g/mol. The number of aliphatic hydroxyl groups excluding tert-OH is 1. The van der Waals surface area contributed by atoms with Gasteiger partial charge in [0, 0.05) is 26.2 Å². The summed E-state index contributed by atoms with van der Waals surface area (Å²) in [5, 5.41) is 18.0. The van der Waals surface area contributed by atoms with Crippen molar-refractivity contribution in [3.63, 3.8) is 0 Å². The smallest absolute Gasteiger partial charge is 0.326 e. The predicted octanol–water partition coefficient (Wildman–Crippen LogP) is 1.14. The van der Waals surface area contributed by atoms with Crippen molar-refractivity contribution in [3.05, 3.63) is 0 Å². The van der Waals surface area contributed by atoms with E-state index in [0.717, 1.165) is 19.3 Å². The minimum atomic E-state index is -0.968. The summed E-state index contributed by atoms with van der Waals surface area (Å²) in [4.78, 5) is 26.5. The number of likely N-dealkylation sites (N-methyl/N-ethyl adjacent to an activating group) is 1. The van der Waals surface area contributed by atoms with Crippen molar-refractivity contribution in [2.24, 2.45) is 0 Å². The van der Waals surface area contributed by atoms with Crippen molar-refractivity contribution >= 4 is 12.0 Å². The summed E-state index contributed by atoms with van der Waals surface area (Å²) in [6.45, 7) is 2.56. The molecule has 19 heavy (non-hydrogen) atoms. The Hall–Kier alpha value is -1.30. The molecule has 1 aliphatic heterocycles. The SMILES string of the molecule is CCC(C(=O)O)N(C)C(=O)N1CCCC1CCCO. The Morgan fingerprint density at radius 1 is 1.47 bits per heavy atom. The van der Waals surface area contributed by atoms with E-state index < -0.39 is 12.0 Å². The summed E-state index contributed by atoms with van der Waals surface area (Å²) in [7, 11) is 1.55. The van der Waals surface area contributed by atoms with Gasteiger partial charge in [0.05, 0.1) is 0 Å². The number of carboxylic acid groups (broad SMARTS) is 1. The highest BCUT2D eigenvalue weighted by atomic mass is 16.4. The van der Waals surface area contributed by atoms with E-state index in [0.29, 0.717) is 19.4 Å². The maximum absolute atomic E-state index is 12.3. The van der Waals surface area contributed by atoms with Gasteiger partial charge in [0.25, 0.3) is 0 Å². The molecule has 1 fully saturated rings. The van der Waals surface area contributed by atoms with Crippen LogP contribution >= 0.6 is 0 Å². The molecule has 0 aromatic heterocycles. The van der Waals surface area contributed by atoms with E-state index >= 15 is 0 Å². The maximum Gasteiger partial charge on any atom is 0.326 e. The Kier molecular flexibility index (Phi) is 6.08. The highest BCUT2D eigenvalue weighted by molar-refractivity contribution is 5.82. The molecule has 0 aliphatic carbocycles. The maximum atomic E-state index is 12.3. The lowest BCUT2D eigenvalue weighted by molar-refractivity contribution is -0.142. The average molecular weight is 272 g/mol. The van der Waals surface area contributed by atoms with Crippen molar-refractivity contribution in [1.82, 2.24) is 9.80 Å².